The summed E-state index contributed by atoms with van der Waals surface area (Å²) < 4.78 is 33.8. The summed E-state index contributed by atoms with van der Waals surface area (Å²) in [7, 11) is 13.1. The lowest BCUT2D eigenvalue weighted by Crippen LogP contribution is -2.17. The van der Waals surface area contributed by atoms with Gasteiger partial charge in [-0.25, -0.2) is 0 Å². The number of nitrogens with zero attached hydrogens (tertiary/aromatic N) is 2. The lowest BCUT2D eigenvalue weighted by atomic mass is 10.2. The van der Waals surface area contributed by atoms with E-state index in [4.69, 9.17) is 33.9 Å². The predicted octanol–water partition coefficient (Wildman–Crippen LogP) is 12.4. The van der Waals surface area contributed by atoms with Gasteiger partial charge in [0.05, 0.1) is 25.9 Å². The highest BCUT2D eigenvalue weighted by molar-refractivity contribution is 4.46. The maximum Gasteiger partial charge on any atom is 0.0777 e. The Labute approximate surface area is 384 Å². The lowest BCUT2D eigenvalue weighted by Gasteiger charge is -2.11. The van der Waals surface area contributed by atoms with Crippen molar-refractivity contribution in [1.82, 2.24) is 9.80 Å². The molecule has 0 aromatic rings. The second-order valence-corrected chi connectivity index (χ2v) is 13.2. The molecule has 0 aliphatic carbocycles. The van der Waals surface area contributed by atoms with E-state index >= 15 is 0 Å². The van der Waals surface area contributed by atoms with Crippen LogP contribution in [0, 0.1) is 11.8 Å². The molecule has 0 heterocycles. The number of ether oxygens (including phenoxy) is 7. The predicted molar refractivity (Wildman–Crippen MR) is 277 cm³/mol. The fraction of sp³-hybridized carbons (Fsp3) is 1.00. The van der Waals surface area contributed by atoms with E-state index in [1.165, 1.54) is 38.8 Å². The SMILES string of the molecule is C.C.C.C.C.CC(C)COC(C)CO.CCCCCOC.CCCN(C)CC.CCCOCC.CCCOCCO.CCN(C)C.CCOC.CCOC.COCC(C)C. The topological polar surface area (TPSA) is 112 Å². The van der Waals surface area contributed by atoms with E-state index in [1.807, 2.05) is 34.6 Å². The first-order chi connectivity index (χ1) is 26.1. The van der Waals surface area contributed by atoms with Crippen molar-refractivity contribution >= 4 is 0 Å². The minimum atomic E-state index is -0.00704. The fourth-order valence-electron chi connectivity index (χ4n) is 2.38. The van der Waals surface area contributed by atoms with Crippen LogP contribution in [0.5, 0.6) is 0 Å². The molecule has 0 fully saturated rings. The van der Waals surface area contributed by atoms with Crippen LogP contribution < -0.4 is 0 Å². The molecular formula is C49H128N2O9. The molecule has 0 aliphatic rings. The monoisotopic (exact) mass is 889 g/mol. The summed E-state index contributed by atoms with van der Waals surface area (Å²) in [4.78, 5) is 4.43. The first kappa shape index (κ1) is 98.4. The van der Waals surface area contributed by atoms with Crippen molar-refractivity contribution in [3.05, 3.63) is 0 Å². The third-order valence-electron chi connectivity index (χ3n) is 5.91. The quantitative estimate of drug-likeness (QED) is 0.0957. The number of unbranched alkanes of at least 4 members (excludes halogenated alkanes) is 2. The van der Waals surface area contributed by atoms with Gasteiger partial charge in [-0.05, 0) is 106 Å². The van der Waals surface area contributed by atoms with Gasteiger partial charge >= 0.3 is 0 Å². The van der Waals surface area contributed by atoms with E-state index in [0.29, 0.717) is 18.4 Å². The molecule has 60 heavy (non-hydrogen) atoms. The van der Waals surface area contributed by atoms with Crippen molar-refractivity contribution in [2.45, 2.75) is 179 Å². The van der Waals surface area contributed by atoms with E-state index in [0.717, 1.165) is 72.2 Å². The van der Waals surface area contributed by atoms with Gasteiger partial charge in [-0.3, -0.25) is 0 Å². The van der Waals surface area contributed by atoms with Gasteiger partial charge in [-0.15, -0.1) is 0 Å². The van der Waals surface area contributed by atoms with Gasteiger partial charge in [0.2, 0.25) is 0 Å². The molecule has 11 heteroatoms. The van der Waals surface area contributed by atoms with Gasteiger partial charge in [-0.2, -0.15) is 0 Å². The van der Waals surface area contributed by atoms with Crippen LogP contribution in [0.4, 0.5) is 0 Å². The molecule has 0 radical (unpaired) electrons. The largest absolute Gasteiger partial charge is 0.394 e. The number of methoxy groups -OCH3 is 4. The van der Waals surface area contributed by atoms with Crippen LogP contribution in [0.1, 0.15) is 173 Å². The molecule has 11 nitrogen and oxygen atoms in total. The van der Waals surface area contributed by atoms with Crippen LogP contribution in [-0.2, 0) is 33.2 Å². The summed E-state index contributed by atoms with van der Waals surface area (Å²) in [6, 6.07) is 0. The second-order valence-electron chi connectivity index (χ2n) is 13.2. The van der Waals surface area contributed by atoms with Gasteiger partial charge < -0.3 is 53.2 Å². The molecule has 0 bridgehead atoms. The maximum absolute atomic E-state index is 8.52. The minimum Gasteiger partial charge on any atom is -0.394 e. The van der Waals surface area contributed by atoms with Crippen molar-refractivity contribution < 1.29 is 43.4 Å². The fourth-order valence-corrected chi connectivity index (χ4v) is 2.38. The van der Waals surface area contributed by atoms with Crippen LogP contribution in [0.25, 0.3) is 0 Å². The van der Waals surface area contributed by atoms with Crippen LogP contribution in [0.15, 0.2) is 0 Å². The zero-order valence-corrected chi connectivity index (χ0v) is 41.5. The van der Waals surface area contributed by atoms with Crippen LogP contribution >= 0.6 is 0 Å². The Morgan fingerprint density at radius 1 is 0.467 bits per heavy atom. The van der Waals surface area contributed by atoms with E-state index < -0.39 is 0 Å². The number of aliphatic hydroxyl groups is 2. The summed E-state index contributed by atoms with van der Waals surface area (Å²) in [6.07, 6.45) is 7.22. The van der Waals surface area contributed by atoms with Crippen LogP contribution in [-0.4, -0.2) is 168 Å². The molecule has 0 aromatic carbocycles. The molecule has 0 spiro atoms. The average Bonchev–Trinajstić information content (AvgIpc) is 3.18. The highest BCUT2D eigenvalue weighted by Gasteiger charge is 1.99. The summed E-state index contributed by atoms with van der Waals surface area (Å²) in [6.45, 7) is 40.1. The first-order valence-electron chi connectivity index (χ1n) is 21.4. The Bertz CT molecular complexity index is 466. The van der Waals surface area contributed by atoms with E-state index in [1.54, 1.807) is 28.4 Å². The summed E-state index contributed by atoms with van der Waals surface area (Å²) in [5.41, 5.74) is 0. The van der Waals surface area contributed by atoms with Gasteiger partial charge in [0.25, 0.3) is 0 Å². The number of rotatable bonds is 23. The van der Waals surface area contributed by atoms with Gasteiger partial charge in [0.15, 0.2) is 0 Å². The summed E-state index contributed by atoms with van der Waals surface area (Å²) >= 11 is 0. The highest BCUT2D eigenvalue weighted by atomic mass is 16.5. The van der Waals surface area contributed by atoms with Crippen LogP contribution in [0.2, 0.25) is 0 Å². The van der Waals surface area contributed by atoms with Gasteiger partial charge in [0.1, 0.15) is 0 Å². The van der Waals surface area contributed by atoms with Gasteiger partial charge in [-0.1, -0.05) is 119 Å². The molecule has 0 aromatic heterocycles. The Balaban J connectivity index is -0.0000000330. The van der Waals surface area contributed by atoms with Crippen molar-refractivity contribution in [1.29, 1.82) is 0 Å². The molecule has 0 saturated heterocycles. The summed E-state index contributed by atoms with van der Waals surface area (Å²) in [5.74, 6) is 1.23. The molecule has 2 N–H and O–H groups in total. The Morgan fingerprint density at radius 2 is 0.883 bits per heavy atom. The third-order valence-corrected chi connectivity index (χ3v) is 5.91. The standard InChI is InChI=1S/C7H16O2.C6H15N.C6H14O.C5H12O2.2C5H12O.C4H11N.2C3H8O.5CH4/c1-6(2)5-9-7(3)4-8;1-4-6-7(3)5-2;1-3-4-5-6-7-2;1-2-4-7-5-3-6;1-5(2)4-6-3;1-3-5-6-4-2;1-4-5(2)3;2*1-3-4-2;;;;;/h6-8H,4-5H2,1-3H3;4-6H2,1-3H3;3-6H2,1-2H3;6H,2-5H2,1H3;5H,4H2,1-3H3;3-5H2,1-2H3;4H2,1-3H3;2*3H2,1-2H3;5*1H4. The molecule has 0 amide bonds. The van der Waals surface area contributed by atoms with E-state index in [-0.39, 0.29) is 56.5 Å². The summed E-state index contributed by atoms with van der Waals surface area (Å²) in [5, 5.41) is 16.7. The average molecular weight is 890 g/mol. The van der Waals surface area contributed by atoms with Crippen molar-refractivity contribution in [2.75, 3.05) is 142 Å². The number of hydrogen-bond acceptors (Lipinski definition) is 11. The molecule has 0 aliphatic heterocycles. The van der Waals surface area contributed by atoms with Crippen molar-refractivity contribution in [2.24, 2.45) is 11.8 Å². The maximum atomic E-state index is 8.52. The Morgan fingerprint density at radius 3 is 1.07 bits per heavy atom. The molecule has 388 valence electrons. The van der Waals surface area contributed by atoms with Crippen molar-refractivity contribution in [3.63, 3.8) is 0 Å². The Kier molecular flexibility index (Phi) is 184. The number of hydrogen-bond donors (Lipinski definition) is 2. The Hall–Kier alpha value is -0.440. The van der Waals surface area contributed by atoms with E-state index in [9.17, 15) is 0 Å². The molecule has 0 rings (SSSR count). The molecular weight excluding hydrogens is 761 g/mol. The molecule has 0 saturated carbocycles. The van der Waals surface area contributed by atoms with E-state index in [2.05, 4.69) is 103 Å². The molecule has 1 atom stereocenters. The van der Waals surface area contributed by atoms with Gasteiger partial charge in [0, 0.05) is 81.3 Å². The minimum absolute atomic E-state index is 0. The smallest absolute Gasteiger partial charge is 0.0777 e. The third kappa shape index (κ3) is 211. The van der Waals surface area contributed by atoms with Crippen molar-refractivity contribution in [3.8, 4) is 0 Å². The highest BCUT2D eigenvalue weighted by Crippen LogP contribution is 1.96. The lowest BCUT2D eigenvalue weighted by molar-refractivity contribution is 0.0117. The first-order valence-corrected chi connectivity index (χ1v) is 21.4. The molecule has 1 unspecified atom stereocenters. The second kappa shape index (κ2) is 112. The van der Waals surface area contributed by atoms with Crippen LogP contribution in [0.3, 0.4) is 0 Å². The normalized spacial score (nSPS) is 9.25. The zero-order chi connectivity index (χ0) is 45.0. The number of aliphatic hydroxyl groups excluding tert-OH is 2. The zero-order valence-electron chi connectivity index (χ0n) is 41.5.